The zero-order chi connectivity index (χ0) is 16.4. The lowest BCUT2D eigenvalue weighted by molar-refractivity contribution is -0.141. The van der Waals surface area contributed by atoms with E-state index in [1.165, 1.54) is 6.08 Å². The van der Waals surface area contributed by atoms with Crippen molar-refractivity contribution in [2.24, 2.45) is 11.7 Å². The van der Waals surface area contributed by atoms with E-state index in [2.05, 4.69) is 11.9 Å². The summed E-state index contributed by atoms with van der Waals surface area (Å²) in [5.74, 6) is -1.87. The second-order valence-electron chi connectivity index (χ2n) is 4.88. The highest BCUT2D eigenvalue weighted by Crippen LogP contribution is 2.10. The molecule has 0 aliphatic carbocycles. The van der Waals surface area contributed by atoms with Crippen LogP contribution in [-0.4, -0.2) is 24.8 Å². The fourth-order valence-electron chi connectivity index (χ4n) is 1.40. The van der Waals surface area contributed by atoms with Gasteiger partial charge < -0.3 is 16.2 Å². The Morgan fingerprint density at radius 1 is 1.48 bits per heavy atom. The van der Waals surface area contributed by atoms with Crippen molar-refractivity contribution in [3.63, 3.8) is 0 Å². The molecule has 21 heavy (non-hydrogen) atoms. The average Bonchev–Trinajstić information content (AvgIpc) is 2.43. The monoisotopic (exact) mass is 290 g/mol. The highest BCUT2D eigenvalue weighted by molar-refractivity contribution is 6.13. The number of hydrogen-bond donors (Lipinski definition) is 3. The van der Waals surface area contributed by atoms with Crippen LogP contribution in [0.1, 0.15) is 33.1 Å². The van der Waals surface area contributed by atoms with Gasteiger partial charge >= 0.3 is 5.97 Å². The minimum absolute atomic E-state index is 0.00111. The number of allylic oxidation sites excluding steroid dienone is 3. The van der Waals surface area contributed by atoms with Crippen molar-refractivity contribution in [2.45, 2.75) is 38.9 Å². The molecule has 0 aromatic rings. The van der Waals surface area contributed by atoms with Crippen molar-refractivity contribution in [3.05, 3.63) is 36.2 Å². The van der Waals surface area contributed by atoms with Crippen molar-refractivity contribution >= 4 is 19.7 Å². The average molecular weight is 290 g/mol. The largest absolute Gasteiger partial charge is 0.481 e. The number of hydrogen-bond acceptors (Lipinski definition) is 3. The molecule has 2 unspecified atom stereocenters. The van der Waals surface area contributed by atoms with Crippen molar-refractivity contribution in [2.75, 3.05) is 0 Å². The van der Waals surface area contributed by atoms with Gasteiger partial charge in [-0.25, -0.2) is 0 Å². The van der Waals surface area contributed by atoms with E-state index in [4.69, 9.17) is 18.7 Å². The van der Waals surface area contributed by atoms with Gasteiger partial charge in [-0.3, -0.25) is 9.59 Å². The van der Waals surface area contributed by atoms with Crippen LogP contribution in [0.15, 0.2) is 36.2 Å². The molecule has 114 valence electrons. The number of amides is 1. The summed E-state index contributed by atoms with van der Waals surface area (Å²) < 4.78 is 0. The van der Waals surface area contributed by atoms with Gasteiger partial charge in [0.15, 0.2) is 0 Å². The van der Waals surface area contributed by atoms with Gasteiger partial charge in [0.1, 0.15) is 0 Å². The Morgan fingerprint density at radius 3 is 2.57 bits per heavy atom. The molecule has 6 heteroatoms. The van der Waals surface area contributed by atoms with Gasteiger partial charge in [0, 0.05) is 11.4 Å². The number of carboxylic acids is 1. The number of carboxylic acid groups (broad SMARTS) is 1. The molecule has 0 bridgehead atoms. The second kappa shape index (κ2) is 9.85. The number of carbonyl (C=O) groups is 2. The fraction of sp³-hybridized carbons (Fsp3) is 0.467. The van der Waals surface area contributed by atoms with E-state index in [0.29, 0.717) is 17.8 Å². The third-order valence-electron chi connectivity index (χ3n) is 2.89. The molecule has 1 amide bonds. The molecular weight excluding hydrogens is 267 g/mol. The third kappa shape index (κ3) is 8.73. The minimum Gasteiger partial charge on any atom is -0.481 e. The summed E-state index contributed by atoms with van der Waals surface area (Å²) in [4.78, 5) is 22.5. The van der Waals surface area contributed by atoms with Gasteiger partial charge in [-0.2, -0.15) is 0 Å². The summed E-state index contributed by atoms with van der Waals surface area (Å²) >= 11 is 0. The number of aliphatic carboxylic acids is 1. The van der Waals surface area contributed by atoms with E-state index in [1.807, 2.05) is 6.92 Å². The lowest BCUT2D eigenvalue weighted by Crippen LogP contribution is -2.24. The molecular formula is C15H23BN2O3. The SMILES string of the molecule is [B]C(/C=C(\C=C)NC(=O)C/C(N)=C\CC(C)C(=O)O)CC. The number of carbonyl (C=O) groups excluding carboxylic acids is 1. The van der Waals surface area contributed by atoms with Crippen LogP contribution in [0.5, 0.6) is 0 Å². The quantitative estimate of drug-likeness (QED) is 0.446. The topological polar surface area (TPSA) is 92.4 Å². The first kappa shape index (κ1) is 19.0. The summed E-state index contributed by atoms with van der Waals surface area (Å²) in [6.07, 6.45) is 5.84. The highest BCUT2D eigenvalue weighted by atomic mass is 16.4. The zero-order valence-corrected chi connectivity index (χ0v) is 12.6. The molecule has 0 aliphatic rings. The molecule has 5 nitrogen and oxygen atoms in total. The van der Waals surface area contributed by atoms with Gasteiger partial charge in [-0.1, -0.05) is 44.8 Å². The molecule has 4 N–H and O–H groups in total. The molecule has 0 heterocycles. The number of rotatable bonds is 9. The van der Waals surface area contributed by atoms with Crippen LogP contribution in [0.2, 0.25) is 5.82 Å². The Labute approximate surface area is 127 Å². The Balaban J connectivity index is 4.47. The molecule has 0 fully saturated rings. The lowest BCUT2D eigenvalue weighted by atomic mass is 9.84. The zero-order valence-electron chi connectivity index (χ0n) is 12.6. The van der Waals surface area contributed by atoms with Gasteiger partial charge in [-0.05, 0) is 12.5 Å². The first-order valence-electron chi connectivity index (χ1n) is 6.87. The predicted octanol–water partition coefficient (Wildman–Crippen LogP) is 1.88. The van der Waals surface area contributed by atoms with Crippen LogP contribution in [0.25, 0.3) is 0 Å². The van der Waals surface area contributed by atoms with Gasteiger partial charge in [0.05, 0.1) is 20.2 Å². The van der Waals surface area contributed by atoms with Crippen LogP contribution in [-0.2, 0) is 9.59 Å². The van der Waals surface area contributed by atoms with E-state index >= 15 is 0 Å². The van der Waals surface area contributed by atoms with Crippen molar-refractivity contribution in [1.82, 2.24) is 5.32 Å². The van der Waals surface area contributed by atoms with Crippen molar-refractivity contribution < 1.29 is 14.7 Å². The Bertz CT molecular complexity index is 444. The summed E-state index contributed by atoms with van der Waals surface area (Å²) in [5.41, 5.74) is 6.58. The maximum Gasteiger partial charge on any atom is 0.306 e. The molecule has 0 saturated carbocycles. The molecule has 0 aromatic carbocycles. The Hall–Kier alpha value is -1.98. The van der Waals surface area contributed by atoms with E-state index in [-0.39, 0.29) is 18.1 Å². The lowest BCUT2D eigenvalue weighted by Gasteiger charge is -2.09. The molecule has 0 aromatic heterocycles. The number of nitrogens with two attached hydrogens (primary N) is 1. The van der Waals surface area contributed by atoms with Gasteiger partial charge in [0.2, 0.25) is 5.91 Å². The van der Waals surface area contributed by atoms with E-state index in [9.17, 15) is 9.59 Å². The summed E-state index contributed by atoms with van der Waals surface area (Å²) in [5, 5.41) is 11.4. The molecule has 0 saturated heterocycles. The van der Waals surface area contributed by atoms with E-state index in [1.54, 1.807) is 19.1 Å². The van der Waals surface area contributed by atoms with Crippen LogP contribution >= 0.6 is 0 Å². The van der Waals surface area contributed by atoms with Crippen LogP contribution in [0.4, 0.5) is 0 Å². The molecule has 0 aliphatic heterocycles. The van der Waals surface area contributed by atoms with Crippen LogP contribution < -0.4 is 11.1 Å². The Kier molecular flexibility index (Phi) is 8.93. The normalized spacial score (nSPS) is 15.1. The summed E-state index contributed by atoms with van der Waals surface area (Å²) in [7, 11) is 5.77. The summed E-state index contributed by atoms with van der Waals surface area (Å²) in [6, 6.07) is 0. The smallest absolute Gasteiger partial charge is 0.306 e. The highest BCUT2D eigenvalue weighted by Gasteiger charge is 2.10. The van der Waals surface area contributed by atoms with E-state index in [0.717, 1.165) is 6.42 Å². The fourth-order valence-corrected chi connectivity index (χ4v) is 1.40. The van der Waals surface area contributed by atoms with Gasteiger partial charge in [-0.15, -0.1) is 0 Å². The molecule has 0 spiro atoms. The predicted molar refractivity (Wildman–Crippen MR) is 84.5 cm³/mol. The standard InChI is InChI=1S/C15H23BN2O3/c1-4-11(16)8-13(5-2)18-14(19)9-12(17)7-6-10(3)15(20)21/h5,7-8,10-11H,2,4,6,9,17H2,1,3H3,(H,18,19)(H,20,21)/b12-7+,13-8+. The van der Waals surface area contributed by atoms with E-state index < -0.39 is 11.9 Å². The molecule has 2 radical (unpaired) electrons. The summed E-state index contributed by atoms with van der Waals surface area (Å²) in [6.45, 7) is 7.13. The van der Waals surface area contributed by atoms with Crippen molar-refractivity contribution in [1.29, 1.82) is 0 Å². The first-order valence-corrected chi connectivity index (χ1v) is 6.87. The number of nitrogens with one attached hydrogen (secondary N) is 1. The van der Waals surface area contributed by atoms with Gasteiger partial charge in [0.25, 0.3) is 0 Å². The Morgan fingerprint density at radius 2 is 2.10 bits per heavy atom. The maximum absolute atomic E-state index is 11.8. The van der Waals surface area contributed by atoms with Crippen LogP contribution in [0.3, 0.4) is 0 Å². The molecule has 0 rings (SSSR count). The molecule has 2 atom stereocenters. The van der Waals surface area contributed by atoms with Crippen LogP contribution in [0, 0.1) is 5.92 Å². The van der Waals surface area contributed by atoms with Crippen molar-refractivity contribution in [3.8, 4) is 0 Å². The minimum atomic E-state index is -0.895. The second-order valence-corrected chi connectivity index (χ2v) is 4.88. The maximum atomic E-state index is 11.8. The first-order chi connectivity index (χ1) is 9.79. The third-order valence-corrected chi connectivity index (χ3v) is 2.89.